The van der Waals surface area contributed by atoms with Crippen molar-refractivity contribution in [1.29, 1.82) is 0 Å². The van der Waals surface area contributed by atoms with Gasteiger partial charge in [0.2, 0.25) is 0 Å². The SMILES string of the molecule is CC(N)c1cncn1C1CC1c1ccccc1. The second kappa shape index (κ2) is 4.00. The quantitative estimate of drug-likeness (QED) is 0.876. The molecule has 1 aliphatic rings. The van der Waals surface area contributed by atoms with E-state index in [1.165, 1.54) is 12.0 Å². The summed E-state index contributed by atoms with van der Waals surface area (Å²) in [6.45, 7) is 2.01. The molecule has 1 aromatic carbocycles. The molecule has 88 valence electrons. The molecule has 0 amide bonds. The highest BCUT2D eigenvalue weighted by Gasteiger charge is 2.40. The van der Waals surface area contributed by atoms with E-state index >= 15 is 0 Å². The number of nitrogens with two attached hydrogens (primary N) is 1. The van der Waals surface area contributed by atoms with Crippen LogP contribution in [0.25, 0.3) is 0 Å². The maximum absolute atomic E-state index is 5.95. The maximum Gasteiger partial charge on any atom is 0.0951 e. The van der Waals surface area contributed by atoms with Gasteiger partial charge >= 0.3 is 0 Å². The Morgan fingerprint density at radius 3 is 2.82 bits per heavy atom. The lowest BCUT2D eigenvalue weighted by Gasteiger charge is -2.10. The summed E-state index contributed by atoms with van der Waals surface area (Å²) >= 11 is 0. The van der Waals surface area contributed by atoms with E-state index in [0.717, 1.165) is 5.69 Å². The van der Waals surface area contributed by atoms with E-state index in [2.05, 4.69) is 39.9 Å². The van der Waals surface area contributed by atoms with Crippen molar-refractivity contribution in [3.8, 4) is 0 Å². The van der Waals surface area contributed by atoms with Gasteiger partial charge in [0.05, 0.1) is 12.0 Å². The van der Waals surface area contributed by atoms with Gasteiger partial charge in [0.25, 0.3) is 0 Å². The first-order valence-corrected chi connectivity index (χ1v) is 6.09. The number of rotatable bonds is 3. The average Bonchev–Trinajstić information content (AvgIpc) is 2.99. The smallest absolute Gasteiger partial charge is 0.0951 e. The highest BCUT2D eigenvalue weighted by atomic mass is 15.1. The second-order valence-corrected chi connectivity index (χ2v) is 4.83. The van der Waals surface area contributed by atoms with Crippen molar-refractivity contribution < 1.29 is 0 Å². The van der Waals surface area contributed by atoms with Crippen LogP contribution in [0, 0.1) is 0 Å². The molecule has 1 aliphatic carbocycles. The van der Waals surface area contributed by atoms with Crippen molar-refractivity contribution in [1.82, 2.24) is 9.55 Å². The Labute approximate surface area is 101 Å². The Balaban J connectivity index is 1.83. The molecule has 1 heterocycles. The van der Waals surface area contributed by atoms with Crippen LogP contribution < -0.4 is 5.73 Å². The molecule has 1 fully saturated rings. The van der Waals surface area contributed by atoms with E-state index < -0.39 is 0 Å². The molecule has 17 heavy (non-hydrogen) atoms. The van der Waals surface area contributed by atoms with Crippen molar-refractivity contribution >= 4 is 0 Å². The Bertz CT molecular complexity index is 501. The zero-order valence-corrected chi connectivity index (χ0v) is 9.95. The van der Waals surface area contributed by atoms with Crippen molar-refractivity contribution in [2.75, 3.05) is 0 Å². The minimum absolute atomic E-state index is 0.0505. The van der Waals surface area contributed by atoms with Gasteiger partial charge in [-0.25, -0.2) is 4.98 Å². The standard InChI is InChI=1S/C14H17N3/c1-10(15)14-8-16-9-17(14)13-7-12(13)11-5-3-2-4-6-11/h2-6,8-10,12-13H,7,15H2,1H3. The topological polar surface area (TPSA) is 43.8 Å². The molecule has 1 aromatic heterocycles. The van der Waals surface area contributed by atoms with Crippen LogP contribution in [0.3, 0.4) is 0 Å². The van der Waals surface area contributed by atoms with E-state index in [1.807, 2.05) is 19.4 Å². The molecular formula is C14H17N3. The molecule has 3 atom stereocenters. The minimum atomic E-state index is 0.0505. The molecule has 0 bridgehead atoms. The molecule has 3 heteroatoms. The van der Waals surface area contributed by atoms with Crippen LogP contribution in [0.15, 0.2) is 42.9 Å². The highest BCUT2D eigenvalue weighted by molar-refractivity contribution is 5.28. The first-order valence-electron chi connectivity index (χ1n) is 6.09. The Morgan fingerprint density at radius 1 is 1.35 bits per heavy atom. The van der Waals surface area contributed by atoms with Gasteiger partial charge in [-0.1, -0.05) is 30.3 Å². The number of hydrogen-bond acceptors (Lipinski definition) is 2. The van der Waals surface area contributed by atoms with Crippen LogP contribution in [-0.4, -0.2) is 9.55 Å². The largest absolute Gasteiger partial charge is 0.329 e. The summed E-state index contributed by atoms with van der Waals surface area (Å²) in [4.78, 5) is 4.22. The van der Waals surface area contributed by atoms with Gasteiger partial charge in [-0.2, -0.15) is 0 Å². The summed E-state index contributed by atoms with van der Waals surface area (Å²) in [6.07, 6.45) is 4.98. The number of nitrogens with zero attached hydrogens (tertiary/aromatic N) is 2. The highest BCUT2D eigenvalue weighted by Crippen LogP contribution is 2.51. The van der Waals surface area contributed by atoms with Crippen LogP contribution in [-0.2, 0) is 0 Å². The van der Waals surface area contributed by atoms with E-state index in [0.29, 0.717) is 12.0 Å². The van der Waals surface area contributed by atoms with Gasteiger partial charge in [0, 0.05) is 24.2 Å². The molecule has 0 aliphatic heterocycles. The maximum atomic E-state index is 5.95. The predicted molar refractivity (Wildman–Crippen MR) is 67.7 cm³/mol. The Morgan fingerprint density at radius 2 is 2.12 bits per heavy atom. The summed E-state index contributed by atoms with van der Waals surface area (Å²) in [6, 6.07) is 11.3. The van der Waals surface area contributed by atoms with Crippen LogP contribution >= 0.6 is 0 Å². The molecule has 0 radical (unpaired) electrons. The van der Waals surface area contributed by atoms with Gasteiger partial charge in [-0.05, 0) is 18.9 Å². The first-order chi connectivity index (χ1) is 8.27. The number of imidazole rings is 1. The Kier molecular flexibility index (Phi) is 2.48. The monoisotopic (exact) mass is 227 g/mol. The molecular weight excluding hydrogens is 210 g/mol. The van der Waals surface area contributed by atoms with Crippen molar-refractivity contribution in [3.05, 3.63) is 54.1 Å². The predicted octanol–water partition coefficient (Wildman–Crippen LogP) is 2.63. The minimum Gasteiger partial charge on any atom is -0.329 e. The molecule has 3 unspecified atom stereocenters. The van der Waals surface area contributed by atoms with Gasteiger partial charge in [0.1, 0.15) is 0 Å². The fraction of sp³-hybridized carbons (Fsp3) is 0.357. The van der Waals surface area contributed by atoms with E-state index in [9.17, 15) is 0 Å². The number of hydrogen-bond donors (Lipinski definition) is 1. The third-order valence-corrected chi connectivity index (χ3v) is 3.50. The van der Waals surface area contributed by atoms with Crippen molar-refractivity contribution in [3.63, 3.8) is 0 Å². The summed E-state index contributed by atoms with van der Waals surface area (Å²) < 4.78 is 2.24. The zero-order chi connectivity index (χ0) is 11.8. The molecule has 0 saturated heterocycles. The third kappa shape index (κ3) is 1.87. The molecule has 0 spiro atoms. The second-order valence-electron chi connectivity index (χ2n) is 4.83. The van der Waals surface area contributed by atoms with Gasteiger partial charge < -0.3 is 10.3 Å². The molecule has 3 rings (SSSR count). The van der Waals surface area contributed by atoms with E-state index in [-0.39, 0.29) is 6.04 Å². The zero-order valence-electron chi connectivity index (χ0n) is 9.95. The lowest BCUT2D eigenvalue weighted by molar-refractivity contribution is 0.632. The number of aromatic nitrogens is 2. The first kappa shape index (κ1) is 10.5. The molecule has 1 saturated carbocycles. The fourth-order valence-corrected chi connectivity index (χ4v) is 2.49. The van der Waals surface area contributed by atoms with Gasteiger partial charge in [-0.15, -0.1) is 0 Å². The van der Waals surface area contributed by atoms with Gasteiger partial charge in [0.15, 0.2) is 0 Å². The summed E-state index contributed by atoms with van der Waals surface area (Å²) in [5.74, 6) is 0.628. The van der Waals surface area contributed by atoms with Crippen LogP contribution in [0.4, 0.5) is 0 Å². The Hall–Kier alpha value is -1.61. The summed E-state index contributed by atoms with van der Waals surface area (Å²) in [5, 5.41) is 0. The van der Waals surface area contributed by atoms with Crippen molar-refractivity contribution in [2.24, 2.45) is 5.73 Å². The third-order valence-electron chi connectivity index (χ3n) is 3.50. The lowest BCUT2D eigenvalue weighted by Crippen LogP contribution is -2.11. The molecule has 2 aromatic rings. The van der Waals surface area contributed by atoms with Crippen LogP contribution in [0.1, 0.15) is 42.6 Å². The summed E-state index contributed by atoms with van der Waals surface area (Å²) in [5.41, 5.74) is 8.50. The fourth-order valence-electron chi connectivity index (χ4n) is 2.49. The van der Waals surface area contributed by atoms with Crippen molar-refractivity contribution in [2.45, 2.75) is 31.3 Å². The molecule has 2 N–H and O–H groups in total. The number of benzene rings is 1. The van der Waals surface area contributed by atoms with Gasteiger partial charge in [-0.3, -0.25) is 0 Å². The van der Waals surface area contributed by atoms with Crippen LogP contribution in [0.5, 0.6) is 0 Å². The van der Waals surface area contributed by atoms with E-state index in [1.54, 1.807) is 0 Å². The average molecular weight is 227 g/mol. The lowest BCUT2D eigenvalue weighted by atomic mass is 10.1. The van der Waals surface area contributed by atoms with E-state index in [4.69, 9.17) is 5.73 Å². The van der Waals surface area contributed by atoms with Crippen LogP contribution in [0.2, 0.25) is 0 Å². The normalized spacial score (nSPS) is 24.6. The molecule has 3 nitrogen and oxygen atoms in total. The summed E-state index contributed by atoms with van der Waals surface area (Å²) in [7, 11) is 0.